The number of hydrogen-bond donors (Lipinski definition) is 2. The number of rotatable bonds is 5. The Balaban J connectivity index is 0.00000242. The molecule has 124 valence electrons. The van der Waals surface area contributed by atoms with Gasteiger partial charge in [-0.2, -0.15) is 0 Å². The maximum absolute atomic E-state index is 13.6. The summed E-state index contributed by atoms with van der Waals surface area (Å²) in [4.78, 5) is 12.1. The lowest BCUT2D eigenvalue weighted by atomic mass is 9.84. The molecule has 1 amide bonds. The van der Waals surface area contributed by atoms with E-state index >= 15 is 0 Å². The van der Waals surface area contributed by atoms with Gasteiger partial charge < -0.3 is 15.4 Å². The molecule has 1 aliphatic rings. The van der Waals surface area contributed by atoms with Gasteiger partial charge in [0.15, 0.2) is 11.6 Å². The van der Waals surface area contributed by atoms with Crippen LogP contribution < -0.4 is 15.4 Å². The number of ether oxygens (including phenoxy) is 1. The molecule has 6 heteroatoms. The molecule has 2 N–H and O–H groups in total. The Bertz CT molecular complexity index is 493. The van der Waals surface area contributed by atoms with Crippen molar-refractivity contribution in [3.05, 3.63) is 24.0 Å². The van der Waals surface area contributed by atoms with E-state index in [9.17, 15) is 9.18 Å². The monoisotopic (exact) mass is 330 g/mol. The Morgan fingerprint density at radius 2 is 2.14 bits per heavy atom. The molecule has 1 aliphatic heterocycles. The van der Waals surface area contributed by atoms with Gasteiger partial charge in [-0.1, -0.05) is 6.92 Å². The van der Waals surface area contributed by atoms with E-state index in [1.54, 1.807) is 6.07 Å². The zero-order chi connectivity index (χ0) is 15.2. The van der Waals surface area contributed by atoms with Gasteiger partial charge in [0.05, 0.1) is 7.11 Å². The molecule has 0 spiro atoms. The van der Waals surface area contributed by atoms with E-state index in [2.05, 4.69) is 17.6 Å². The molecular formula is C16H24ClFN2O2. The minimum absolute atomic E-state index is 0. The lowest BCUT2D eigenvalue weighted by Crippen LogP contribution is -2.32. The van der Waals surface area contributed by atoms with E-state index in [-0.39, 0.29) is 24.1 Å². The Kier molecular flexibility index (Phi) is 7.62. The maximum Gasteiger partial charge on any atom is 0.224 e. The van der Waals surface area contributed by atoms with E-state index in [4.69, 9.17) is 4.74 Å². The normalized spacial score (nSPS) is 16.5. The highest BCUT2D eigenvalue weighted by molar-refractivity contribution is 5.90. The summed E-state index contributed by atoms with van der Waals surface area (Å²) in [7, 11) is 1.41. The second-order valence-corrected chi connectivity index (χ2v) is 5.67. The van der Waals surface area contributed by atoms with Crippen LogP contribution in [0.25, 0.3) is 0 Å². The molecule has 1 aromatic rings. The van der Waals surface area contributed by atoms with Gasteiger partial charge in [-0.3, -0.25) is 4.79 Å². The topological polar surface area (TPSA) is 50.4 Å². The SMILES string of the molecule is COc1ccc(NC(=O)CC(C)C2CCNCC2)cc1F.Cl. The number of carbonyl (C=O) groups is 1. The number of benzene rings is 1. The van der Waals surface area contributed by atoms with Crippen molar-refractivity contribution in [3.8, 4) is 5.75 Å². The smallest absolute Gasteiger partial charge is 0.224 e. The third-order valence-corrected chi connectivity index (χ3v) is 4.13. The van der Waals surface area contributed by atoms with Gasteiger partial charge in [-0.25, -0.2) is 4.39 Å². The van der Waals surface area contributed by atoms with Crippen LogP contribution in [0.5, 0.6) is 5.75 Å². The second-order valence-electron chi connectivity index (χ2n) is 5.67. The lowest BCUT2D eigenvalue weighted by Gasteiger charge is -2.27. The van der Waals surface area contributed by atoms with Crippen LogP contribution in [0.1, 0.15) is 26.2 Å². The molecule has 1 fully saturated rings. The van der Waals surface area contributed by atoms with Crippen LogP contribution in [0.15, 0.2) is 18.2 Å². The molecule has 22 heavy (non-hydrogen) atoms. The summed E-state index contributed by atoms with van der Waals surface area (Å²) < 4.78 is 18.4. The molecule has 1 aromatic carbocycles. The van der Waals surface area contributed by atoms with Crippen LogP contribution in [-0.2, 0) is 4.79 Å². The maximum atomic E-state index is 13.6. The van der Waals surface area contributed by atoms with E-state index in [1.165, 1.54) is 19.2 Å². The van der Waals surface area contributed by atoms with Crippen molar-refractivity contribution in [1.29, 1.82) is 0 Å². The Hall–Kier alpha value is -1.33. The largest absolute Gasteiger partial charge is 0.494 e. The molecule has 0 aromatic heterocycles. The molecule has 1 atom stereocenters. The summed E-state index contributed by atoms with van der Waals surface area (Å²) in [6, 6.07) is 4.45. The highest BCUT2D eigenvalue weighted by Crippen LogP contribution is 2.25. The van der Waals surface area contributed by atoms with Gasteiger partial charge >= 0.3 is 0 Å². The Labute approximate surface area is 137 Å². The van der Waals surface area contributed by atoms with Gasteiger partial charge in [0, 0.05) is 18.2 Å². The molecule has 1 heterocycles. The van der Waals surface area contributed by atoms with E-state index < -0.39 is 5.82 Å². The predicted octanol–water partition coefficient (Wildman–Crippen LogP) is 3.22. The molecule has 1 saturated heterocycles. The van der Waals surface area contributed by atoms with Crippen LogP contribution >= 0.6 is 12.4 Å². The molecule has 2 rings (SSSR count). The minimum Gasteiger partial charge on any atom is -0.494 e. The molecule has 0 bridgehead atoms. The number of piperidine rings is 1. The summed E-state index contributed by atoms with van der Waals surface area (Å²) >= 11 is 0. The summed E-state index contributed by atoms with van der Waals surface area (Å²) in [5, 5.41) is 6.08. The number of carbonyl (C=O) groups excluding carboxylic acids is 1. The number of anilines is 1. The fourth-order valence-electron chi connectivity index (χ4n) is 2.83. The highest BCUT2D eigenvalue weighted by Gasteiger charge is 2.22. The first-order valence-electron chi connectivity index (χ1n) is 7.44. The number of methoxy groups -OCH3 is 1. The summed E-state index contributed by atoms with van der Waals surface area (Å²) in [5.74, 6) is 0.572. The van der Waals surface area contributed by atoms with Crippen LogP contribution in [-0.4, -0.2) is 26.1 Å². The van der Waals surface area contributed by atoms with E-state index in [1.807, 2.05) is 0 Å². The third kappa shape index (κ3) is 5.14. The van der Waals surface area contributed by atoms with Crippen LogP contribution in [0, 0.1) is 17.7 Å². The fourth-order valence-corrected chi connectivity index (χ4v) is 2.83. The Morgan fingerprint density at radius 1 is 1.45 bits per heavy atom. The van der Waals surface area contributed by atoms with Crippen molar-refractivity contribution in [1.82, 2.24) is 5.32 Å². The van der Waals surface area contributed by atoms with Gasteiger partial charge in [0.25, 0.3) is 0 Å². The number of nitrogens with one attached hydrogen (secondary N) is 2. The quantitative estimate of drug-likeness (QED) is 0.871. The summed E-state index contributed by atoms with van der Waals surface area (Å²) in [6.45, 7) is 4.17. The first-order valence-corrected chi connectivity index (χ1v) is 7.44. The zero-order valence-corrected chi connectivity index (χ0v) is 13.8. The first-order chi connectivity index (χ1) is 10.1. The third-order valence-electron chi connectivity index (χ3n) is 4.13. The zero-order valence-electron chi connectivity index (χ0n) is 13.0. The van der Waals surface area contributed by atoms with Crippen molar-refractivity contribution >= 4 is 24.0 Å². The van der Waals surface area contributed by atoms with Crippen LogP contribution in [0.4, 0.5) is 10.1 Å². The van der Waals surface area contributed by atoms with Crippen LogP contribution in [0.3, 0.4) is 0 Å². The van der Waals surface area contributed by atoms with Crippen molar-refractivity contribution in [2.24, 2.45) is 11.8 Å². The highest BCUT2D eigenvalue weighted by atomic mass is 35.5. The van der Waals surface area contributed by atoms with E-state index in [0.717, 1.165) is 25.9 Å². The minimum atomic E-state index is -0.471. The van der Waals surface area contributed by atoms with E-state index in [0.29, 0.717) is 23.9 Å². The molecule has 1 unspecified atom stereocenters. The van der Waals surface area contributed by atoms with Crippen molar-refractivity contribution < 1.29 is 13.9 Å². The van der Waals surface area contributed by atoms with Crippen LogP contribution in [0.2, 0.25) is 0 Å². The fraction of sp³-hybridized carbons (Fsp3) is 0.562. The van der Waals surface area contributed by atoms with Crippen molar-refractivity contribution in [2.45, 2.75) is 26.2 Å². The lowest BCUT2D eigenvalue weighted by molar-refractivity contribution is -0.117. The van der Waals surface area contributed by atoms with Gasteiger partial charge in [-0.15, -0.1) is 12.4 Å². The van der Waals surface area contributed by atoms with Gasteiger partial charge in [0.1, 0.15) is 0 Å². The van der Waals surface area contributed by atoms with Gasteiger partial charge in [0.2, 0.25) is 5.91 Å². The average Bonchev–Trinajstić information content (AvgIpc) is 2.48. The molecule has 0 radical (unpaired) electrons. The first kappa shape index (κ1) is 18.7. The standard InChI is InChI=1S/C16H23FN2O2.ClH/c1-11(12-5-7-18-8-6-12)9-16(20)19-13-3-4-15(21-2)14(17)10-13;/h3-4,10-12,18H,5-9H2,1-2H3,(H,19,20);1H. The predicted molar refractivity (Wildman–Crippen MR) is 88.2 cm³/mol. The van der Waals surface area contributed by atoms with Crippen molar-refractivity contribution in [2.75, 3.05) is 25.5 Å². The number of hydrogen-bond acceptors (Lipinski definition) is 3. The molecule has 0 aliphatic carbocycles. The van der Waals surface area contributed by atoms with Gasteiger partial charge in [-0.05, 0) is 49.9 Å². The average molecular weight is 331 g/mol. The molecule has 4 nitrogen and oxygen atoms in total. The number of halogens is 2. The van der Waals surface area contributed by atoms with Crippen molar-refractivity contribution in [3.63, 3.8) is 0 Å². The summed E-state index contributed by atoms with van der Waals surface area (Å²) in [5.41, 5.74) is 0.468. The summed E-state index contributed by atoms with van der Waals surface area (Å²) in [6.07, 6.45) is 2.70. The second kappa shape index (κ2) is 8.96. The number of amides is 1. The molecular weight excluding hydrogens is 307 g/mol. The molecule has 0 saturated carbocycles. The Morgan fingerprint density at radius 3 is 2.73 bits per heavy atom.